The number of carbonyl (C=O) groups excluding carboxylic acids is 1. The summed E-state index contributed by atoms with van der Waals surface area (Å²) in [5.74, 6) is 0. The van der Waals surface area contributed by atoms with Crippen LogP contribution < -0.4 is 4.31 Å². The number of aryl methyl sites for hydroxylation is 1. The summed E-state index contributed by atoms with van der Waals surface area (Å²) < 4.78 is 94.9. The third-order valence-corrected chi connectivity index (χ3v) is 8.42. The molecule has 1 aromatic carbocycles. The van der Waals surface area contributed by atoms with Gasteiger partial charge in [0.15, 0.2) is 0 Å². The van der Waals surface area contributed by atoms with E-state index in [2.05, 4.69) is 9.64 Å². The molecule has 0 bridgehead atoms. The molecule has 36 heavy (non-hydrogen) atoms. The zero-order valence-electron chi connectivity index (χ0n) is 19.8. The molecule has 13 heteroatoms. The van der Waals surface area contributed by atoms with E-state index in [4.69, 9.17) is 0 Å². The molecule has 3 heterocycles. The molecule has 1 spiro atoms. The van der Waals surface area contributed by atoms with E-state index in [0.717, 1.165) is 53.9 Å². The molecule has 3 aliphatic heterocycles. The van der Waals surface area contributed by atoms with Crippen molar-refractivity contribution in [3.63, 3.8) is 0 Å². The summed E-state index contributed by atoms with van der Waals surface area (Å²) in [4.78, 5) is 15.4. The molecule has 1 aromatic rings. The number of likely N-dealkylation sites (tertiary alicyclic amines) is 2. The molecule has 0 radical (unpaired) electrons. The highest BCUT2D eigenvalue weighted by Gasteiger charge is 2.60. The van der Waals surface area contributed by atoms with Crippen molar-refractivity contribution in [3.05, 3.63) is 29.3 Å². The van der Waals surface area contributed by atoms with Crippen LogP contribution >= 0.6 is 0 Å². The second kappa shape index (κ2) is 10.0. The first-order chi connectivity index (χ1) is 16.8. The quantitative estimate of drug-likeness (QED) is 0.515. The van der Waals surface area contributed by atoms with Crippen LogP contribution in [-0.2, 0) is 28.7 Å². The number of carbonyl (C=O) groups is 1. The minimum Gasteiger partial charge on any atom is -0.426 e. The smallest absolute Gasteiger partial charge is 0.426 e. The fraction of sp³-hybridized carbons (Fsp3) is 0.696. The van der Waals surface area contributed by atoms with E-state index in [0.29, 0.717) is 25.9 Å². The number of para-hydroxylation sites is 1. The van der Waals surface area contributed by atoms with E-state index < -0.39 is 35.5 Å². The van der Waals surface area contributed by atoms with Gasteiger partial charge in [-0.05, 0) is 56.2 Å². The zero-order valence-corrected chi connectivity index (χ0v) is 20.6. The minimum absolute atomic E-state index is 0.00969. The number of rotatable bonds is 4. The maximum atomic E-state index is 12.8. The summed E-state index contributed by atoms with van der Waals surface area (Å²) in [6.45, 7) is 2.09. The number of halogens is 6. The Kier molecular flexibility index (Phi) is 7.53. The number of hydrogen-bond donors (Lipinski definition) is 0. The van der Waals surface area contributed by atoms with Crippen LogP contribution in [0.25, 0.3) is 0 Å². The Labute approximate surface area is 208 Å². The van der Waals surface area contributed by atoms with Crippen LogP contribution in [-0.4, -0.2) is 76.5 Å². The van der Waals surface area contributed by atoms with Crippen LogP contribution in [0.3, 0.4) is 0 Å². The molecular weight excluding hydrogens is 512 g/mol. The molecule has 2 fully saturated rings. The van der Waals surface area contributed by atoms with Crippen molar-refractivity contribution in [2.45, 2.75) is 69.1 Å². The highest BCUT2D eigenvalue weighted by Crippen LogP contribution is 2.42. The minimum atomic E-state index is -5.74. The lowest BCUT2D eigenvalue weighted by Gasteiger charge is -2.45. The maximum absolute atomic E-state index is 12.8. The number of ether oxygens (including phenoxy) is 1. The number of fused-ring (bicyclic) bond motifs is 1. The average molecular weight is 542 g/mol. The van der Waals surface area contributed by atoms with E-state index in [1.54, 1.807) is 6.26 Å². The van der Waals surface area contributed by atoms with Gasteiger partial charge in [-0.3, -0.25) is 9.21 Å². The molecule has 1 amide bonds. The number of benzene rings is 1. The predicted octanol–water partition coefficient (Wildman–Crippen LogP) is 4.79. The van der Waals surface area contributed by atoms with Gasteiger partial charge in [0.05, 0.1) is 5.69 Å². The van der Waals surface area contributed by atoms with Crippen molar-refractivity contribution in [2.75, 3.05) is 36.7 Å². The Morgan fingerprint density at radius 3 is 2.31 bits per heavy atom. The molecule has 0 aromatic heterocycles. The first-order valence-corrected chi connectivity index (χ1v) is 13.4. The van der Waals surface area contributed by atoms with E-state index in [-0.39, 0.29) is 18.6 Å². The van der Waals surface area contributed by atoms with Gasteiger partial charge in [0.25, 0.3) is 6.10 Å². The standard InChI is InChI=1S/C23H29F6N3O3S/c1-36(34)32-12-3-7-16-5-2-6-17(18(16)32)15-31-11-4-8-21(31)9-13-30(14-10-21)20(33)35-19(22(24,25)26)23(27,28)29/h2,5-6,19H,3-4,7-15H2,1H3. The van der Waals surface area contributed by atoms with Crippen LogP contribution in [0.1, 0.15) is 43.2 Å². The summed E-state index contributed by atoms with van der Waals surface area (Å²) in [6.07, 6.45) is -11.2. The Morgan fingerprint density at radius 2 is 1.69 bits per heavy atom. The normalized spacial score (nSPS) is 21.7. The number of hydrogen-bond acceptors (Lipinski definition) is 4. The second-order valence-electron chi connectivity index (χ2n) is 9.64. The molecule has 4 rings (SSSR count). The highest BCUT2D eigenvalue weighted by molar-refractivity contribution is 7.85. The molecule has 1 unspecified atom stereocenters. The third-order valence-electron chi connectivity index (χ3n) is 7.44. The Balaban J connectivity index is 1.45. The first-order valence-electron chi connectivity index (χ1n) is 11.9. The van der Waals surface area contributed by atoms with Gasteiger partial charge < -0.3 is 9.64 Å². The van der Waals surface area contributed by atoms with Crippen molar-refractivity contribution in [2.24, 2.45) is 0 Å². The summed E-state index contributed by atoms with van der Waals surface area (Å²) in [6, 6.07) is 6.03. The molecule has 0 aliphatic carbocycles. The van der Waals surface area contributed by atoms with Gasteiger partial charge in [-0.25, -0.2) is 9.00 Å². The lowest BCUT2D eigenvalue weighted by atomic mass is 9.84. The molecule has 1 atom stereocenters. The van der Waals surface area contributed by atoms with E-state index in [1.807, 2.05) is 22.5 Å². The molecule has 2 saturated heterocycles. The second-order valence-corrected chi connectivity index (χ2v) is 10.9. The van der Waals surface area contributed by atoms with Crippen LogP contribution in [0.4, 0.5) is 36.8 Å². The van der Waals surface area contributed by atoms with Gasteiger partial charge in [0, 0.05) is 38.0 Å². The van der Waals surface area contributed by atoms with Gasteiger partial charge in [0.1, 0.15) is 11.0 Å². The highest BCUT2D eigenvalue weighted by atomic mass is 32.2. The fourth-order valence-corrected chi connectivity index (χ4v) is 6.57. The molecule has 202 valence electrons. The fourth-order valence-electron chi connectivity index (χ4n) is 5.69. The lowest BCUT2D eigenvalue weighted by Crippen LogP contribution is -2.54. The SMILES string of the molecule is CS(=O)N1CCCc2cccc(CN3CCCC34CCN(C(=O)OC(C(F)(F)F)C(F)(F)F)CC4)c21. The number of piperidine rings is 1. The van der Waals surface area contributed by atoms with Crippen LogP contribution in [0, 0.1) is 0 Å². The largest absolute Gasteiger partial charge is 0.434 e. The molecule has 0 N–H and O–H groups in total. The van der Waals surface area contributed by atoms with Crippen molar-refractivity contribution in [3.8, 4) is 0 Å². The Hall–Kier alpha value is -2.02. The van der Waals surface area contributed by atoms with Crippen molar-refractivity contribution in [1.82, 2.24) is 9.80 Å². The van der Waals surface area contributed by atoms with E-state index >= 15 is 0 Å². The Bertz CT molecular complexity index is 980. The summed E-state index contributed by atoms with van der Waals surface area (Å²) in [7, 11) is -1.17. The molecular formula is C23H29F6N3O3S. The Morgan fingerprint density at radius 1 is 1.03 bits per heavy atom. The van der Waals surface area contributed by atoms with Gasteiger partial charge in [-0.1, -0.05) is 18.2 Å². The zero-order chi connectivity index (χ0) is 26.3. The third kappa shape index (κ3) is 5.46. The van der Waals surface area contributed by atoms with E-state index in [9.17, 15) is 35.3 Å². The van der Waals surface area contributed by atoms with Crippen LogP contribution in [0.5, 0.6) is 0 Å². The van der Waals surface area contributed by atoms with Crippen LogP contribution in [0.2, 0.25) is 0 Å². The molecule has 3 aliphatic rings. The molecule has 6 nitrogen and oxygen atoms in total. The topological polar surface area (TPSA) is 53.1 Å². The summed E-state index contributed by atoms with van der Waals surface area (Å²) in [5.41, 5.74) is 2.86. The van der Waals surface area contributed by atoms with Crippen molar-refractivity contribution >= 4 is 22.8 Å². The lowest BCUT2D eigenvalue weighted by molar-refractivity contribution is -0.308. The summed E-state index contributed by atoms with van der Waals surface area (Å²) in [5, 5.41) is 0. The van der Waals surface area contributed by atoms with Gasteiger partial charge in [-0.15, -0.1) is 0 Å². The number of anilines is 1. The van der Waals surface area contributed by atoms with Gasteiger partial charge in [0.2, 0.25) is 0 Å². The molecule has 0 saturated carbocycles. The number of alkyl halides is 6. The van der Waals surface area contributed by atoms with Crippen LogP contribution in [0.15, 0.2) is 18.2 Å². The number of nitrogens with zero attached hydrogens (tertiary/aromatic N) is 3. The average Bonchev–Trinajstić information content (AvgIpc) is 3.17. The van der Waals surface area contributed by atoms with Crippen molar-refractivity contribution < 1.29 is 40.1 Å². The van der Waals surface area contributed by atoms with E-state index in [1.165, 1.54) is 0 Å². The van der Waals surface area contributed by atoms with Crippen molar-refractivity contribution in [1.29, 1.82) is 0 Å². The van der Waals surface area contributed by atoms with Gasteiger partial charge >= 0.3 is 18.4 Å². The summed E-state index contributed by atoms with van der Waals surface area (Å²) >= 11 is 0. The predicted molar refractivity (Wildman–Crippen MR) is 122 cm³/mol. The maximum Gasteiger partial charge on any atom is 0.434 e. The first kappa shape index (κ1) is 27.0. The van der Waals surface area contributed by atoms with Gasteiger partial charge in [-0.2, -0.15) is 26.3 Å². The number of amides is 1. The monoisotopic (exact) mass is 541 g/mol.